The van der Waals surface area contributed by atoms with E-state index in [4.69, 9.17) is 16.3 Å². The maximum Gasteiger partial charge on any atom is 0.276 e. The van der Waals surface area contributed by atoms with Gasteiger partial charge in [0.2, 0.25) is 0 Å². The van der Waals surface area contributed by atoms with Gasteiger partial charge in [-0.2, -0.15) is 5.10 Å². The van der Waals surface area contributed by atoms with E-state index in [2.05, 4.69) is 26.3 Å². The minimum absolute atomic E-state index is 0.0768. The predicted molar refractivity (Wildman–Crippen MR) is 101 cm³/mol. The monoisotopic (exact) mass is 437 g/mol. The van der Waals surface area contributed by atoms with Crippen LogP contribution in [0.3, 0.4) is 0 Å². The first-order valence-electron chi connectivity index (χ1n) is 7.61. The van der Waals surface area contributed by atoms with Crippen LogP contribution in [0.25, 0.3) is 0 Å². The lowest BCUT2D eigenvalue weighted by atomic mass is 10.2. The van der Waals surface area contributed by atoms with E-state index < -0.39 is 11.7 Å². The van der Waals surface area contributed by atoms with Crippen molar-refractivity contribution >= 4 is 39.1 Å². The summed E-state index contributed by atoms with van der Waals surface area (Å²) in [7, 11) is 0. The lowest BCUT2D eigenvalue weighted by Crippen LogP contribution is -2.15. The smallest absolute Gasteiger partial charge is 0.276 e. The quantitative estimate of drug-likeness (QED) is 0.607. The molecule has 26 heavy (non-hydrogen) atoms. The van der Waals surface area contributed by atoms with Crippen molar-refractivity contribution in [2.75, 3.05) is 5.32 Å². The third kappa shape index (κ3) is 4.42. The Kier molecular flexibility index (Phi) is 5.58. The molecule has 0 aliphatic rings. The van der Waals surface area contributed by atoms with E-state index in [-0.39, 0.29) is 18.1 Å². The van der Waals surface area contributed by atoms with Crippen molar-refractivity contribution in [3.63, 3.8) is 0 Å². The fraction of sp³-hybridized carbons (Fsp3) is 0.111. The van der Waals surface area contributed by atoms with Crippen molar-refractivity contribution in [3.05, 3.63) is 75.2 Å². The second-order valence-corrected chi connectivity index (χ2v) is 6.85. The molecule has 8 heteroatoms. The van der Waals surface area contributed by atoms with Crippen molar-refractivity contribution in [2.24, 2.45) is 0 Å². The fourth-order valence-electron chi connectivity index (χ4n) is 2.20. The van der Waals surface area contributed by atoms with Crippen LogP contribution in [0.5, 0.6) is 5.75 Å². The Morgan fingerprint density at radius 3 is 2.88 bits per heavy atom. The van der Waals surface area contributed by atoms with Crippen LogP contribution in [0.15, 0.2) is 53.1 Å². The number of halogens is 3. The number of benzene rings is 2. The molecule has 1 N–H and O–H groups in total. The second-order valence-electron chi connectivity index (χ2n) is 5.53. The maximum absolute atomic E-state index is 13.7. The number of aryl methyl sites for hydroxylation is 1. The number of rotatable bonds is 5. The summed E-state index contributed by atoms with van der Waals surface area (Å²) < 4.78 is 21.6. The minimum atomic E-state index is -0.505. The molecule has 2 aromatic carbocycles. The van der Waals surface area contributed by atoms with Gasteiger partial charge >= 0.3 is 0 Å². The van der Waals surface area contributed by atoms with Crippen molar-refractivity contribution in [1.82, 2.24) is 9.78 Å². The van der Waals surface area contributed by atoms with Gasteiger partial charge in [0.1, 0.15) is 11.6 Å². The van der Waals surface area contributed by atoms with Crippen LogP contribution in [-0.4, -0.2) is 15.7 Å². The summed E-state index contributed by atoms with van der Waals surface area (Å²) >= 11 is 9.40. The van der Waals surface area contributed by atoms with Gasteiger partial charge in [0.15, 0.2) is 12.4 Å². The van der Waals surface area contributed by atoms with E-state index in [1.54, 1.807) is 36.5 Å². The Labute approximate surface area is 162 Å². The number of amides is 1. The molecule has 0 fully saturated rings. The van der Waals surface area contributed by atoms with Crippen molar-refractivity contribution in [2.45, 2.75) is 13.7 Å². The lowest BCUT2D eigenvalue weighted by Gasteiger charge is -2.08. The van der Waals surface area contributed by atoms with Gasteiger partial charge in [-0.25, -0.2) is 9.07 Å². The highest BCUT2D eigenvalue weighted by Crippen LogP contribution is 2.27. The number of aromatic nitrogens is 2. The average molecular weight is 439 g/mol. The molecule has 0 aliphatic heterocycles. The molecular weight excluding hydrogens is 425 g/mol. The molecule has 3 rings (SSSR count). The van der Waals surface area contributed by atoms with Crippen LogP contribution < -0.4 is 10.1 Å². The molecule has 0 saturated heterocycles. The van der Waals surface area contributed by atoms with E-state index in [1.807, 2.05) is 6.92 Å². The van der Waals surface area contributed by atoms with Gasteiger partial charge in [-0.15, -0.1) is 0 Å². The van der Waals surface area contributed by atoms with Crippen LogP contribution in [0.1, 0.15) is 16.1 Å². The molecule has 134 valence electrons. The maximum atomic E-state index is 13.7. The first-order chi connectivity index (χ1) is 12.4. The van der Waals surface area contributed by atoms with Crippen LogP contribution in [-0.2, 0) is 6.73 Å². The second kappa shape index (κ2) is 7.88. The fourth-order valence-corrected chi connectivity index (χ4v) is 2.93. The average Bonchev–Trinajstić information content (AvgIpc) is 3.06. The van der Waals surface area contributed by atoms with Crippen molar-refractivity contribution in [3.8, 4) is 5.75 Å². The number of hydrogen-bond donors (Lipinski definition) is 1. The van der Waals surface area contributed by atoms with Gasteiger partial charge in [0.25, 0.3) is 5.91 Å². The number of ether oxygens (including phenoxy) is 1. The molecule has 5 nitrogen and oxygen atoms in total. The number of anilines is 1. The van der Waals surface area contributed by atoms with Crippen molar-refractivity contribution in [1.29, 1.82) is 0 Å². The summed E-state index contributed by atoms with van der Waals surface area (Å²) in [5, 5.41) is 7.10. The molecule has 0 atom stereocenters. The molecule has 0 spiro atoms. The Balaban J connectivity index is 1.65. The van der Waals surface area contributed by atoms with Gasteiger partial charge in [-0.05, 0) is 48.9 Å². The van der Waals surface area contributed by atoms with Crippen molar-refractivity contribution < 1.29 is 13.9 Å². The van der Waals surface area contributed by atoms with Gasteiger partial charge in [0.05, 0.1) is 10.7 Å². The van der Waals surface area contributed by atoms with E-state index in [0.717, 1.165) is 10.0 Å². The Morgan fingerprint density at radius 1 is 1.31 bits per heavy atom. The number of carbonyl (C=O) groups excluding carboxylic acids is 1. The summed E-state index contributed by atoms with van der Waals surface area (Å²) in [6.07, 6.45) is 1.59. The first-order valence-corrected chi connectivity index (χ1v) is 8.78. The van der Waals surface area contributed by atoms with E-state index in [9.17, 15) is 9.18 Å². The van der Waals surface area contributed by atoms with Gasteiger partial charge in [0, 0.05) is 10.7 Å². The number of nitrogens with zero attached hydrogens (tertiary/aromatic N) is 2. The highest BCUT2D eigenvalue weighted by Gasteiger charge is 2.13. The molecule has 0 aliphatic carbocycles. The summed E-state index contributed by atoms with van der Waals surface area (Å²) in [4.78, 5) is 12.2. The number of nitrogens with one attached hydrogen (secondary N) is 1. The number of hydrogen-bond acceptors (Lipinski definition) is 3. The summed E-state index contributed by atoms with van der Waals surface area (Å²) in [6, 6.07) is 11.3. The van der Waals surface area contributed by atoms with Crippen LogP contribution >= 0.6 is 27.5 Å². The minimum Gasteiger partial charge on any atom is -0.470 e. The molecule has 3 aromatic rings. The predicted octanol–water partition coefficient (Wildman–Crippen LogP) is 5.04. The third-order valence-corrected chi connectivity index (χ3v) is 4.28. The molecule has 1 amide bonds. The molecule has 1 heterocycles. The summed E-state index contributed by atoms with van der Waals surface area (Å²) in [5.74, 6) is -0.510. The first kappa shape index (κ1) is 18.4. The lowest BCUT2D eigenvalue weighted by molar-refractivity contribution is 0.101. The topological polar surface area (TPSA) is 56.2 Å². The molecule has 1 aromatic heterocycles. The highest BCUT2D eigenvalue weighted by molar-refractivity contribution is 9.10. The van der Waals surface area contributed by atoms with Crippen LogP contribution in [0.4, 0.5) is 10.1 Å². The zero-order chi connectivity index (χ0) is 18.7. The SMILES string of the molecule is Cc1ccc(F)c(NC(=O)c2ccn(COc3ccc(Br)cc3Cl)n2)c1. The Morgan fingerprint density at radius 2 is 2.12 bits per heavy atom. The van der Waals surface area contributed by atoms with Crippen LogP contribution in [0.2, 0.25) is 5.02 Å². The molecule has 0 bridgehead atoms. The third-order valence-electron chi connectivity index (χ3n) is 3.49. The molecule has 0 unspecified atom stereocenters. The highest BCUT2D eigenvalue weighted by atomic mass is 79.9. The Hall–Kier alpha value is -2.38. The van der Waals surface area contributed by atoms with Gasteiger partial charge < -0.3 is 10.1 Å². The normalized spacial score (nSPS) is 10.6. The summed E-state index contributed by atoms with van der Waals surface area (Å²) in [6.45, 7) is 1.89. The zero-order valence-electron chi connectivity index (χ0n) is 13.7. The standard InChI is InChI=1S/C18H14BrClFN3O2/c1-11-2-4-14(21)16(8-11)22-18(25)15-6-7-24(23-15)10-26-17-5-3-12(19)9-13(17)20/h2-9H,10H2,1H3,(H,22,25). The molecular formula is C18H14BrClFN3O2. The number of carbonyl (C=O) groups is 1. The zero-order valence-corrected chi connectivity index (χ0v) is 16.0. The summed E-state index contributed by atoms with van der Waals surface area (Å²) in [5.41, 5.74) is 1.10. The van der Waals surface area contributed by atoms with E-state index >= 15 is 0 Å². The van der Waals surface area contributed by atoms with Gasteiger partial charge in [-0.3, -0.25) is 4.79 Å². The Bertz CT molecular complexity index is 961. The molecule has 0 radical (unpaired) electrons. The van der Waals surface area contributed by atoms with Gasteiger partial charge in [-0.1, -0.05) is 33.6 Å². The molecule has 0 saturated carbocycles. The van der Waals surface area contributed by atoms with E-state index in [0.29, 0.717) is 10.8 Å². The van der Waals surface area contributed by atoms with Crippen LogP contribution in [0, 0.1) is 12.7 Å². The van der Waals surface area contributed by atoms with E-state index in [1.165, 1.54) is 16.8 Å². The largest absolute Gasteiger partial charge is 0.470 e.